The Morgan fingerprint density at radius 1 is 1.44 bits per heavy atom. The number of nitrogens with zero attached hydrogens (tertiary/aromatic N) is 1. The standard InChI is InChI=1S/C15H20INO/c1-4-12-9-8-11(3)17(12)15(18)13-7-5-6-10(2)14(13)16/h5-7,11-12H,4,8-9H2,1-3H3. The highest BCUT2D eigenvalue weighted by Crippen LogP contribution is 2.29. The average molecular weight is 357 g/mol. The summed E-state index contributed by atoms with van der Waals surface area (Å²) < 4.78 is 1.09. The third kappa shape index (κ3) is 2.42. The minimum Gasteiger partial charge on any atom is -0.333 e. The maximum absolute atomic E-state index is 12.7. The van der Waals surface area contributed by atoms with Crippen molar-refractivity contribution in [3.05, 3.63) is 32.9 Å². The third-order valence-electron chi connectivity index (χ3n) is 3.91. The Balaban J connectivity index is 2.33. The van der Waals surface area contributed by atoms with E-state index in [0.717, 1.165) is 28.4 Å². The van der Waals surface area contributed by atoms with Gasteiger partial charge in [0.2, 0.25) is 0 Å². The Morgan fingerprint density at radius 2 is 2.17 bits per heavy atom. The van der Waals surface area contributed by atoms with Gasteiger partial charge in [-0.3, -0.25) is 4.79 Å². The normalized spacial score (nSPS) is 23.4. The fraction of sp³-hybridized carbons (Fsp3) is 0.533. The lowest BCUT2D eigenvalue weighted by molar-refractivity contribution is 0.0675. The van der Waals surface area contributed by atoms with Crippen molar-refractivity contribution >= 4 is 28.5 Å². The molecular weight excluding hydrogens is 337 g/mol. The molecule has 1 amide bonds. The second-order valence-corrected chi connectivity index (χ2v) is 6.22. The van der Waals surface area contributed by atoms with Crippen LogP contribution >= 0.6 is 22.6 Å². The summed E-state index contributed by atoms with van der Waals surface area (Å²) in [4.78, 5) is 14.8. The van der Waals surface area contributed by atoms with E-state index in [2.05, 4.69) is 54.3 Å². The highest BCUT2D eigenvalue weighted by molar-refractivity contribution is 14.1. The van der Waals surface area contributed by atoms with Crippen LogP contribution in [0.5, 0.6) is 0 Å². The highest BCUT2D eigenvalue weighted by atomic mass is 127. The number of halogens is 1. The van der Waals surface area contributed by atoms with E-state index in [-0.39, 0.29) is 5.91 Å². The molecule has 1 heterocycles. The van der Waals surface area contributed by atoms with Crippen LogP contribution in [0.1, 0.15) is 49.0 Å². The summed E-state index contributed by atoms with van der Waals surface area (Å²) in [6.45, 7) is 6.39. The maximum Gasteiger partial charge on any atom is 0.255 e. The molecular formula is C15H20INO. The lowest BCUT2D eigenvalue weighted by Crippen LogP contribution is -2.40. The van der Waals surface area contributed by atoms with Crippen LogP contribution in [0.15, 0.2) is 18.2 Å². The molecule has 1 aliphatic rings. The summed E-state index contributed by atoms with van der Waals surface area (Å²) in [5, 5.41) is 0. The molecule has 2 rings (SSSR count). The summed E-state index contributed by atoms with van der Waals surface area (Å²) in [5.41, 5.74) is 2.05. The van der Waals surface area contributed by atoms with Crippen LogP contribution in [-0.2, 0) is 0 Å². The summed E-state index contributed by atoms with van der Waals surface area (Å²) in [6.07, 6.45) is 3.33. The van der Waals surface area contributed by atoms with E-state index in [0.29, 0.717) is 12.1 Å². The second kappa shape index (κ2) is 5.59. The van der Waals surface area contributed by atoms with Crippen LogP contribution in [0.25, 0.3) is 0 Å². The smallest absolute Gasteiger partial charge is 0.255 e. The minimum atomic E-state index is 0.208. The van der Waals surface area contributed by atoms with Crippen molar-refractivity contribution in [1.29, 1.82) is 0 Å². The first-order valence-electron chi connectivity index (χ1n) is 6.64. The van der Waals surface area contributed by atoms with E-state index < -0.39 is 0 Å². The van der Waals surface area contributed by atoms with Gasteiger partial charge in [0, 0.05) is 15.7 Å². The predicted octanol–water partition coefficient (Wildman–Crippen LogP) is 4.00. The van der Waals surface area contributed by atoms with E-state index in [1.165, 1.54) is 5.56 Å². The molecule has 0 saturated carbocycles. The van der Waals surface area contributed by atoms with Crippen molar-refractivity contribution in [3.63, 3.8) is 0 Å². The zero-order valence-electron chi connectivity index (χ0n) is 11.2. The van der Waals surface area contributed by atoms with Crippen LogP contribution < -0.4 is 0 Å². The van der Waals surface area contributed by atoms with Gasteiger partial charge >= 0.3 is 0 Å². The van der Waals surface area contributed by atoms with Gasteiger partial charge in [-0.05, 0) is 67.3 Å². The van der Waals surface area contributed by atoms with Gasteiger partial charge in [0.25, 0.3) is 5.91 Å². The maximum atomic E-state index is 12.7. The zero-order valence-corrected chi connectivity index (χ0v) is 13.4. The van der Waals surface area contributed by atoms with Gasteiger partial charge < -0.3 is 4.90 Å². The van der Waals surface area contributed by atoms with E-state index in [1.807, 2.05) is 12.1 Å². The third-order valence-corrected chi connectivity index (χ3v) is 5.35. The number of carbonyl (C=O) groups excluding carboxylic acids is 1. The first-order valence-corrected chi connectivity index (χ1v) is 7.72. The molecule has 0 bridgehead atoms. The van der Waals surface area contributed by atoms with Gasteiger partial charge in [-0.15, -0.1) is 0 Å². The number of rotatable bonds is 2. The lowest BCUT2D eigenvalue weighted by Gasteiger charge is -2.28. The second-order valence-electron chi connectivity index (χ2n) is 5.14. The van der Waals surface area contributed by atoms with Crippen molar-refractivity contribution in [2.75, 3.05) is 0 Å². The van der Waals surface area contributed by atoms with Crippen molar-refractivity contribution < 1.29 is 4.79 Å². The Labute approximate surface area is 123 Å². The van der Waals surface area contributed by atoms with Crippen LogP contribution in [0, 0.1) is 10.5 Å². The molecule has 18 heavy (non-hydrogen) atoms. The van der Waals surface area contributed by atoms with E-state index in [4.69, 9.17) is 0 Å². The van der Waals surface area contributed by atoms with Gasteiger partial charge in [0.1, 0.15) is 0 Å². The number of likely N-dealkylation sites (tertiary alicyclic amines) is 1. The first kappa shape index (κ1) is 13.8. The molecule has 2 nitrogen and oxygen atoms in total. The van der Waals surface area contributed by atoms with Crippen LogP contribution in [-0.4, -0.2) is 22.9 Å². The lowest BCUT2D eigenvalue weighted by atomic mass is 10.1. The fourth-order valence-electron chi connectivity index (χ4n) is 2.79. The Morgan fingerprint density at radius 3 is 2.83 bits per heavy atom. The number of hydrogen-bond acceptors (Lipinski definition) is 1. The Hall–Kier alpha value is -0.580. The molecule has 2 atom stereocenters. The molecule has 1 aromatic rings. The van der Waals surface area contributed by atoms with Gasteiger partial charge in [-0.2, -0.15) is 0 Å². The largest absolute Gasteiger partial charge is 0.333 e. The topological polar surface area (TPSA) is 20.3 Å². The number of hydrogen-bond donors (Lipinski definition) is 0. The molecule has 0 N–H and O–H groups in total. The molecule has 1 saturated heterocycles. The van der Waals surface area contributed by atoms with Crippen molar-refractivity contribution in [2.24, 2.45) is 0 Å². The predicted molar refractivity (Wildman–Crippen MR) is 82.8 cm³/mol. The fourth-order valence-corrected chi connectivity index (χ4v) is 3.38. The van der Waals surface area contributed by atoms with Crippen LogP contribution in [0.4, 0.5) is 0 Å². The monoisotopic (exact) mass is 357 g/mol. The molecule has 2 unspecified atom stereocenters. The van der Waals surface area contributed by atoms with Crippen LogP contribution in [0.3, 0.4) is 0 Å². The van der Waals surface area contributed by atoms with Gasteiger partial charge in [0.15, 0.2) is 0 Å². The van der Waals surface area contributed by atoms with E-state index in [9.17, 15) is 4.79 Å². The average Bonchev–Trinajstić information content (AvgIpc) is 2.73. The van der Waals surface area contributed by atoms with Gasteiger partial charge in [0.05, 0.1) is 5.56 Å². The molecule has 0 radical (unpaired) electrons. The van der Waals surface area contributed by atoms with E-state index >= 15 is 0 Å². The SMILES string of the molecule is CCC1CCC(C)N1C(=O)c1cccc(C)c1I. The first-order chi connectivity index (χ1) is 8.56. The molecule has 0 aliphatic carbocycles. The van der Waals surface area contributed by atoms with Gasteiger partial charge in [-0.25, -0.2) is 0 Å². The summed E-state index contributed by atoms with van der Waals surface area (Å²) in [5.74, 6) is 0.208. The molecule has 1 aromatic carbocycles. The van der Waals surface area contributed by atoms with Gasteiger partial charge in [-0.1, -0.05) is 19.1 Å². The number of benzene rings is 1. The molecule has 1 fully saturated rings. The number of amides is 1. The summed E-state index contributed by atoms with van der Waals surface area (Å²) in [7, 11) is 0. The number of aryl methyl sites for hydroxylation is 1. The molecule has 0 aromatic heterocycles. The molecule has 1 aliphatic heterocycles. The Kier molecular flexibility index (Phi) is 4.30. The summed E-state index contributed by atoms with van der Waals surface area (Å²) >= 11 is 2.29. The molecule has 0 spiro atoms. The summed E-state index contributed by atoms with van der Waals surface area (Å²) in [6, 6.07) is 6.78. The molecule has 98 valence electrons. The highest BCUT2D eigenvalue weighted by Gasteiger charge is 2.34. The quantitative estimate of drug-likeness (QED) is 0.733. The Bertz CT molecular complexity index is 458. The zero-order chi connectivity index (χ0) is 13.3. The minimum absolute atomic E-state index is 0.208. The van der Waals surface area contributed by atoms with Crippen LogP contribution in [0.2, 0.25) is 0 Å². The van der Waals surface area contributed by atoms with Crippen molar-refractivity contribution in [2.45, 2.75) is 52.1 Å². The van der Waals surface area contributed by atoms with Crippen molar-refractivity contribution in [1.82, 2.24) is 4.90 Å². The van der Waals surface area contributed by atoms with Crippen molar-refractivity contribution in [3.8, 4) is 0 Å². The molecule has 3 heteroatoms. The number of carbonyl (C=O) groups is 1. The van der Waals surface area contributed by atoms with E-state index in [1.54, 1.807) is 0 Å².